The normalized spacial score (nSPS) is 17.5. The lowest BCUT2D eigenvalue weighted by molar-refractivity contribution is 0.0697. The molecule has 1 aliphatic rings. The topological polar surface area (TPSA) is 70.5 Å². The van der Waals surface area contributed by atoms with Gasteiger partial charge in [0.25, 0.3) is 5.91 Å². The monoisotopic (exact) mass is 394 g/mol. The smallest absolute Gasteiger partial charge is 0.335 e. The van der Waals surface area contributed by atoms with Crippen LogP contribution in [0.5, 0.6) is 0 Å². The molecular weight excluding hydrogens is 380 g/mol. The van der Waals surface area contributed by atoms with Gasteiger partial charge < -0.3 is 10.0 Å². The molecule has 1 N–H and O–H groups in total. The first-order valence-corrected chi connectivity index (χ1v) is 8.90. The predicted octanol–water partition coefficient (Wildman–Crippen LogP) is 3.89. The maximum atomic E-state index is 12.9. The van der Waals surface area contributed by atoms with Gasteiger partial charge >= 0.3 is 5.97 Å². The number of aryl methyl sites for hydroxylation is 1. The zero-order valence-corrected chi connectivity index (χ0v) is 14.9. The van der Waals surface area contributed by atoms with Gasteiger partial charge in [-0.15, -0.1) is 11.3 Å². The van der Waals surface area contributed by atoms with E-state index in [1.165, 1.54) is 12.1 Å². The average Bonchev–Trinajstić information content (AvgIpc) is 3.14. The summed E-state index contributed by atoms with van der Waals surface area (Å²) in [7, 11) is 0. The van der Waals surface area contributed by atoms with Crippen LogP contribution >= 0.6 is 27.3 Å². The Labute approximate surface area is 146 Å². The molecule has 1 aliphatic heterocycles. The van der Waals surface area contributed by atoms with Crippen LogP contribution in [0.3, 0.4) is 0 Å². The highest BCUT2D eigenvalue weighted by Gasteiger charge is 2.32. The number of likely N-dealkylation sites (tertiary alicyclic amines) is 1. The third kappa shape index (κ3) is 3.30. The number of halogens is 1. The van der Waals surface area contributed by atoms with Gasteiger partial charge in [0.05, 0.1) is 11.6 Å². The van der Waals surface area contributed by atoms with E-state index in [1.54, 1.807) is 22.3 Å². The summed E-state index contributed by atoms with van der Waals surface area (Å²) in [4.78, 5) is 30.3. The summed E-state index contributed by atoms with van der Waals surface area (Å²) in [5.41, 5.74) is 1.44. The van der Waals surface area contributed by atoms with E-state index in [1.807, 2.05) is 12.3 Å². The third-order valence-electron chi connectivity index (χ3n) is 3.83. The number of thiazole rings is 1. The van der Waals surface area contributed by atoms with Crippen LogP contribution in [0, 0.1) is 6.92 Å². The molecule has 1 unspecified atom stereocenters. The van der Waals surface area contributed by atoms with E-state index in [-0.39, 0.29) is 17.5 Å². The van der Waals surface area contributed by atoms with E-state index in [2.05, 4.69) is 20.9 Å². The van der Waals surface area contributed by atoms with E-state index in [9.17, 15) is 9.59 Å². The molecule has 7 heteroatoms. The fourth-order valence-corrected chi connectivity index (χ4v) is 4.23. The second-order valence-corrected chi connectivity index (χ2v) is 7.32. The van der Waals surface area contributed by atoms with Crippen LogP contribution in [0.15, 0.2) is 28.1 Å². The number of nitrogens with zero attached hydrogens (tertiary/aromatic N) is 2. The Morgan fingerprint density at radius 1 is 1.35 bits per heavy atom. The zero-order chi connectivity index (χ0) is 16.6. The number of aromatic nitrogens is 1. The highest BCUT2D eigenvalue weighted by atomic mass is 79.9. The fraction of sp³-hybridized carbons (Fsp3) is 0.312. The Hall–Kier alpha value is -1.73. The Balaban J connectivity index is 1.91. The van der Waals surface area contributed by atoms with Crippen LogP contribution in [0.1, 0.15) is 50.3 Å². The Kier molecular flexibility index (Phi) is 4.50. The van der Waals surface area contributed by atoms with Gasteiger partial charge in [-0.05, 0) is 38.0 Å². The van der Waals surface area contributed by atoms with Gasteiger partial charge in [0.1, 0.15) is 5.01 Å². The molecule has 2 heterocycles. The van der Waals surface area contributed by atoms with E-state index < -0.39 is 5.97 Å². The van der Waals surface area contributed by atoms with Gasteiger partial charge in [-0.1, -0.05) is 15.9 Å². The number of carbonyl (C=O) groups excluding carboxylic acids is 1. The van der Waals surface area contributed by atoms with Crippen LogP contribution in [0.25, 0.3) is 0 Å². The minimum atomic E-state index is -1.05. The maximum Gasteiger partial charge on any atom is 0.335 e. The summed E-state index contributed by atoms with van der Waals surface area (Å²) in [5.74, 6) is -1.20. The molecule has 1 aromatic heterocycles. The first kappa shape index (κ1) is 16.1. The van der Waals surface area contributed by atoms with Gasteiger partial charge in [0, 0.05) is 27.7 Å². The zero-order valence-electron chi connectivity index (χ0n) is 12.5. The van der Waals surface area contributed by atoms with Crippen molar-refractivity contribution in [1.82, 2.24) is 9.88 Å². The van der Waals surface area contributed by atoms with Crippen LogP contribution in [-0.2, 0) is 0 Å². The molecule has 0 spiro atoms. The lowest BCUT2D eigenvalue weighted by Gasteiger charge is -2.23. The number of carbonyl (C=O) groups is 2. The minimum Gasteiger partial charge on any atom is -0.478 e. The second kappa shape index (κ2) is 6.41. The number of hydrogen-bond acceptors (Lipinski definition) is 4. The molecule has 120 valence electrons. The van der Waals surface area contributed by atoms with Crippen LogP contribution < -0.4 is 0 Å². The number of benzene rings is 1. The number of carboxylic acids is 1. The van der Waals surface area contributed by atoms with Gasteiger partial charge in [-0.25, -0.2) is 9.78 Å². The molecule has 0 saturated carbocycles. The first-order valence-electron chi connectivity index (χ1n) is 7.22. The van der Waals surface area contributed by atoms with Crippen molar-refractivity contribution in [1.29, 1.82) is 0 Å². The predicted molar refractivity (Wildman–Crippen MR) is 91.0 cm³/mol. The van der Waals surface area contributed by atoms with Crippen molar-refractivity contribution in [3.05, 3.63) is 49.9 Å². The molecule has 0 bridgehead atoms. The van der Waals surface area contributed by atoms with E-state index in [0.29, 0.717) is 16.6 Å². The highest BCUT2D eigenvalue weighted by molar-refractivity contribution is 9.10. The Morgan fingerprint density at radius 3 is 2.74 bits per heavy atom. The Morgan fingerprint density at radius 2 is 2.09 bits per heavy atom. The summed E-state index contributed by atoms with van der Waals surface area (Å²) in [5, 5.41) is 12.1. The van der Waals surface area contributed by atoms with Gasteiger partial charge in [-0.2, -0.15) is 0 Å². The Bertz CT molecular complexity index is 774. The standard InChI is InChI=1S/C16H15BrN2O3S/c1-9-8-23-14(18-9)13-3-2-4-19(13)15(20)10-5-11(16(21)22)7-12(17)6-10/h5-8,13H,2-4H2,1H3,(H,21,22). The molecule has 0 radical (unpaired) electrons. The molecule has 1 saturated heterocycles. The summed E-state index contributed by atoms with van der Waals surface area (Å²) in [6.45, 7) is 2.60. The number of aromatic carboxylic acids is 1. The molecule has 1 atom stereocenters. The highest BCUT2D eigenvalue weighted by Crippen LogP contribution is 2.35. The molecule has 1 fully saturated rings. The van der Waals surface area contributed by atoms with Crippen molar-refractivity contribution in [2.45, 2.75) is 25.8 Å². The fourth-order valence-electron chi connectivity index (χ4n) is 2.79. The largest absolute Gasteiger partial charge is 0.478 e. The molecule has 0 aliphatic carbocycles. The second-order valence-electron chi connectivity index (χ2n) is 5.52. The van der Waals surface area contributed by atoms with Crippen molar-refractivity contribution in [2.75, 3.05) is 6.54 Å². The van der Waals surface area contributed by atoms with E-state index in [4.69, 9.17) is 5.11 Å². The molecule has 2 aromatic rings. The van der Waals surface area contributed by atoms with Crippen LogP contribution in [0.4, 0.5) is 0 Å². The van der Waals surface area contributed by atoms with Gasteiger partial charge in [0.15, 0.2) is 0 Å². The van der Waals surface area contributed by atoms with E-state index >= 15 is 0 Å². The van der Waals surface area contributed by atoms with Crippen molar-refractivity contribution >= 4 is 39.1 Å². The number of amides is 1. The van der Waals surface area contributed by atoms with Gasteiger partial charge in [-0.3, -0.25) is 4.79 Å². The molecule has 1 aromatic carbocycles. The lowest BCUT2D eigenvalue weighted by Crippen LogP contribution is -2.30. The van der Waals surface area contributed by atoms with Gasteiger partial charge in [0.2, 0.25) is 0 Å². The third-order valence-corrected chi connectivity index (χ3v) is 5.35. The molecule has 23 heavy (non-hydrogen) atoms. The molecular formula is C16H15BrN2O3S. The van der Waals surface area contributed by atoms with Crippen LogP contribution in [-0.4, -0.2) is 33.4 Å². The van der Waals surface area contributed by atoms with Crippen LogP contribution in [0.2, 0.25) is 0 Å². The summed E-state index contributed by atoms with van der Waals surface area (Å²) >= 11 is 4.84. The summed E-state index contributed by atoms with van der Waals surface area (Å²) in [6.07, 6.45) is 1.81. The molecule has 3 rings (SSSR count). The van der Waals surface area contributed by atoms with E-state index in [0.717, 1.165) is 23.5 Å². The quantitative estimate of drug-likeness (QED) is 0.856. The van der Waals surface area contributed by atoms with Crippen molar-refractivity contribution < 1.29 is 14.7 Å². The maximum absolute atomic E-state index is 12.9. The number of carboxylic acid groups (broad SMARTS) is 1. The average molecular weight is 395 g/mol. The van der Waals surface area contributed by atoms with Crippen molar-refractivity contribution in [2.24, 2.45) is 0 Å². The number of rotatable bonds is 3. The molecule has 5 nitrogen and oxygen atoms in total. The van der Waals surface area contributed by atoms with Crippen molar-refractivity contribution in [3.63, 3.8) is 0 Å². The lowest BCUT2D eigenvalue weighted by atomic mass is 10.1. The SMILES string of the molecule is Cc1csc(C2CCCN2C(=O)c2cc(Br)cc(C(=O)O)c2)n1. The minimum absolute atomic E-state index is 0.0199. The molecule has 1 amide bonds. The number of hydrogen-bond donors (Lipinski definition) is 1. The summed E-state index contributed by atoms with van der Waals surface area (Å²) < 4.78 is 0.585. The van der Waals surface area contributed by atoms with Crippen molar-refractivity contribution in [3.8, 4) is 0 Å². The summed E-state index contributed by atoms with van der Waals surface area (Å²) in [6, 6.07) is 4.56. The first-order chi connectivity index (χ1) is 11.0.